The van der Waals surface area contributed by atoms with Crippen molar-refractivity contribution in [2.75, 3.05) is 26.7 Å². The zero-order valence-corrected chi connectivity index (χ0v) is 14.4. The minimum absolute atomic E-state index is 0.153. The number of aliphatic hydroxyl groups is 1. The molecule has 0 bridgehead atoms. The Morgan fingerprint density at radius 3 is 1.95 bits per heavy atom. The van der Waals surface area contributed by atoms with E-state index < -0.39 is 0 Å². The van der Waals surface area contributed by atoms with Crippen LogP contribution in [0.25, 0.3) is 0 Å². The maximum atomic E-state index is 9.49. The van der Waals surface area contributed by atoms with Gasteiger partial charge in [-0.2, -0.15) is 0 Å². The van der Waals surface area contributed by atoms with Gasteiger partial charge in [-0.3, -0.25) is 4.90 Å². The highest BCUT2D eigenvalue weighted by molar-refractivity contribution is 4.87. The molecule has 0 aliphatic rings. The molecule has 0 aromatic heterocycles. The predicted octanol–water partition coefficient (Wildman–Crippen LogP) is 2.88. The van der Waals surface area contributed by atoms with E-state index in [1.54, 1.807) is 0 Å². The van der Waals surface area contributed by atoms with Crippen LogP contribution in [0, 0.1) is 5.41 Å². The molecule has 1 atom stereocenters. The van der Waals surface area contributed by atoms with Gasteiger partial charge in [-0.1, -0.05) is 20.3 Å². The fourth-order valence-electron chi connectivity index (χ4n) is 2.21. The lowest BCUT2D eigenvalue weighted by atomic mass is 9.83. The van der Waals surface area contributed by atoms with E-state index in [9.17, 15) is 5.11 Å². The standard InChI is InChI=1S/C16H36N2O/c1-9-10-16(7,11-17-14(2,3)4)12-18(8)15(5,6)13-19/h17,19H,9-13H2,1-8H3. The second-order valence-corrected chi connectivity index (χ2v) is 7.99. The molecule has 0 aromatic rings. The first-order valence-electron chi connectivity index (χ1n) is 7.53. The Balaban J connectivity index is 4.70. The van der Waals surface area contributed by atoms with Gasteiger partial charge in [0.1, 0.15) is 0 Å². The lowest BCUT2D eigenvalue weighted by Crippen LogP contribution is -2.52. The highest BCUT2D eigenvalue weighted by Gasteiger charge is 2.31. The fraction of sp³-hybridized carbons (Fsp3) is 1.00. The molecule has 3 heteroatoms. The minimum atomic E-state index is -0.156. The highest BCUT2D eigenvalue weighted by atomic mass is 16.3. The quantitative estimate of drug-likeness (QED) is 0.713. The number of aliphatic hydroxyl groups excluding tert-OH is 1. The van der Waals surface area contributed by atoms with Crippen LogP contribution in [0.1, 0.15) is 61.3 Å². The Hall–Kier alpha value is -0.120. The van der Waals surface area contributed by atoms with Gasteiger partial charge in [-0.15, -0.1) is 0 Å². The molecule has 0 aliphatic heterocycles. The Morgan fingerprint density at radius 1 is 1.05 bits per heavy atom. The first kappa shape index (κ1) is 18.9. The van der Waals surface area contributed by atoms with E-state index in [0.29, 0.717) is 0 Å². The van der Waals surface area contributed by atoms with Crippen molar-refractivity contribution >= 4 is 0 Å². The van der Waals surface area contributed by atoms with Crippen molar-refractivity contribution < 1.29 is 5.11 Å². The van der Waals surface area contributed by atoms with E-state index in [1.165, 1.54) is 12.8 Å². The van der Waals surface area contributed by atoms with Crippen LogP contribution < -0.4 is 5.32 Å². The number of nitrogens with zero attached hydrogens (tertiary/aromatic N) is 1. The maximum Gasteiger partial charge on any atom is 0.0609 e. The summed E-state index contributed by atoms with van der Waals surface area (Å²) in [6, 6.07) is 0. The van der Waals surface area contributed by atoms with E-state index in [-0.39, 0.29) is 23.1 Å². The summed E-state index contributed by atoms with van der Waals surface area (Å²) in [5.74, 6) is 0. The van der Waals surface area contributed by atoms with Gasteiger partial charge in [0.25, 0.3) is 0 Å². The van der Waals surface area contributed by atoms with E-state index in [0.717, 1.165) is 13.1 Å². The molecular weight excluding hydrogens is 236 g/mol. The van der Waals surface area contributed by atoms with Gasteiger partial charge in [0.15, 0.2) is 0 Å². The van der Waals surface area contributed by atoms with E-state index >= 15 is 0 Å². The van der Waals surface area contributed by atoms with Crippen LogP contribution in [0.3, 0.4) is 0 Å². The first-order valence-corrected chi connectivity index (χ1v) is 7.53. The molecule has 0 aliphatic carbocycles. The van der Waals surface area contributed by atoms with Crippen molar-refractivity contribution in [3.8, 4) is 0 Å². The van der Waals surface area contributed by atoms with E-state index in [2.05, 4.69) is 65.7 Å². The SMILES string of the molecule is CCCC(C)(CNC(C)(C)C)CN(C)C(C)(C)CO. The molecule has 1 unspecified atom stereocenters. The normalized spacial score (nSPS) is 16.7. The van der Waals surface area contributed by atoms with Gasteiger partial charge >= 0.3 is 0 Å². The van der Waals surface area contributed by atoms with Crippen molar-refractivity contribution in [3.63, 3.8) is 0 Å². The van der Waals surface area contributed by atoms with Gasteiger partial charge in [-0.05, 0) is 53.5 Å². The summed E-state index contributed by atoms with van der Waals surface area (Å²) in [5, 5.41) is 13.1. The molecule has 0 saturated carbocycles. The van der Waals surface area contributed by atoms with E-state index in [1.807, 2.05) is 0 Å². The molecule has 0 saturated heterocycles. The van der Waals surface area contributed by atoms with Crippen molar-refractivity contribution in [3.05, 3.63) is 0 Å². The van der Waals surface area contributed by atoms with E-state index in [4.69, 9.17) is 0 Å². The molecule has 19 heavy (non-hydrogen) atoms. The third-order valence-corrected chi connectivity index (χ3v) is 3.94. The molecule has 0 heterocycles. The molecule has 0 rings (SSSR count). The zero-order chi connectivity index (χ0) is 15.3. The van der Waals surface area contributed by atoms with Crippen molar-refractivity contribution in [1.82, 2.24) is 10.2 Å². The monoisotopic (exact) mass is 272 g/mol. The molecule has 3 nitrogen and oxygen atoms in total. The van der Waals surface area contributed by atoms with Gasteiger partial charge < -0.3 is 10.4 Å². The summed E-state index contributed by atoms with van der Waals surface area (Å²) >= 11 is 0. The molecule has 116 valence electrons. The largest absolute Gasteiger partial charge is 0.394 e. The molecular formula is C16H36N2O. The molecule has 0 fully saturated rings. The maximum absolute atomic E-state index is 9.49. The predicted molar refractivity (Wildman–Crippen MR) is 84.6 cm³/mol. The summed E-state index contributed by atoms with van der Waals surface area (Å²) in [5.41, 5.74) is 0.236. The number of nitrogens with one attached hydrogen (secondary N) is 1. The van der Waals surface area contributed by atoms with Gasteiger partial charge in [0.2, 0.25) is 0 Å². The number of hydrogen-bond acceptors (Lipinski definition) is 3. The lowest BCUT2D eigenvalue weighted by molar-refractivity contribution is 0.0404. The second kappa shape index (κ2) is 7.05. The van der Waals surface area contributed by atoms with Crippen LogP contribution in [-0.2, 0) is 0 Å². The van der Waals surface area contributed by atoms with Crippen LogP contribution in [-0.4, -0.2) is 47.8 Å². The molecule has 0 spiro atoms. The summed E-state index contributed by atoms with van der Waals surface area (Å²) in [6.45, 7) is 17.6. The lowest BCUT2D eigenvalue weighted by Gasteiger charge is -2.42. The number of hydrogen-bond donors (Lipinski definition) is 2. The van der Waals surface area contributed by atoms with Gasteiger partial charge in [0, 0.05) is 24.2 Å². The minimum Gasteiger partial charge on any atom is -0.394 e. The summed E-state index contributed by atoms with van der Waals surface area (Å²) in [4.78, 5) is 2.28. The Labute approximate surface area is 120 Å². The molecule has 0 amide bonds. The van der Waals surface area contributed by atoms with Crippen molar-refractivity contribution in [2.24, 2.45) is 5.41 Å². The number of rotatable bonds is 8. The van der Waals surface area contributed by atoms with Crippen LogP contribution in [0.4, 0.5) is 0 Å². The van der Waals surface area contributed by atoms with Gasteiger partial charge in [0.05, 0.1) is 6.61 Å². The molecule has 0 aromatic carbocycles. The summed E-state index contributed by atoms with van der Waals surface area (Å²) in [7, 11) is 2.11. The number of likely N-dealkylation sites (N-methyl/N-ethyl adjacent to an activating group) is 1. The Kier molecular flexibility index (Phi) is 7.01. The Morgan fingerprint density at radius 2 is 1.58 bits per heavy atom. The molecule has 2 N–H and O–H groups in total. The third-order valence-electron chi connectivity index (χ3n) is 3.94. The second-order valence-electron chi connectivity index (χ2n) is 7.99. The summed E-state index contributed by atoms with van der Waals surface area (Å²) < 4.78 is 0. The summed E-state index contributed by atoms with van der Waals surface area (Å²) in [6.07, 6.45) is 2.39. The van der Waals surface area contributed by atoms with Crippen molar-refractivity contribution in [1.29, 1.82) is 0 Å². The average Bonchev–Trinajstić information content (AvgIpc) is 2.26. The van der Waals surface area contributed by atoms with Crippen LogP contribution in [0.2, 0.25) is 0 Å². The van der Waals surface area contributed by atoms with Gasteiger partial charge in [-0.25, -0.2) is 0 Å². The zero-order valence-electron chi connectivity index (χ0n) is 14.4. The fourth-order valence-corrected chi connectivity index (χ4v) is 2.21. The van der Waals surface area contributed by atoms with Crippen LogP contribution in [0.5, 0.6) is 0 Å². The topological polar surface area (TPSA) is 35.5 Å². The van der Waals surface area contributed by atoms with Crippen LogP contribution >= 0.6 is 0 Å². The average molecular weight is 272 g/mol. The molecule has 0 radical (unpaired) electrons. The Bertz CT molecular complexity index is 258. The smallest absolute Gasteiger partial charge is 0.0609 e. The highest BCUT2D eigenvalue weighted by Crippen LogP contribution is 2.27. The first-order chi connectivity index (χ1) is 8.46. The van der Waals surface area contributed by atoms with Crippen LogP contribution in [0.15, 0.2) is 0 Å². The third kappa shape index (κ3) is 7.28. The van der Waals surface area contributed by atoms with Crippen molar-refractivity contribution in [2.45, 2.75) is 72.4 Å².